The normalized spacial score (nSPS) is 13.8. The third-order valence-corrected chi connectivity index (χ3v) is 6.27. The first kappa shape index (κ1) is 18.1. The van der Waals surface area contributed by atoms with Crippen LogP contribution in [0.3, 0.4) is 0 Å². The van der Waals surface area contributed by atoms with Crippen LogP contribution < -0.4 is 4.72 Å². The maximum Gasteiger partial charge on any atom is 0.212 e. The zero-order chi connectivity index (χ0) is 14.4. The van der Waals surface area contributed by atoms with Gasteiger partial charge in [-0.25, -0.2) is 21.6 Å². The van der Waals surface area contributed by atoms with Gasteiger partial charge in [0.15, 0.2) is 0 Å². The largest absolute Gasteiger partial charge is 0.229 e. The standard InChI is InChI=1S/C10H22ClNO4S2/c1-4-10(5-2,8-11)9-12-18(15,16)7-6-17(3,13)14/h12H,4-9H2,1-3H3. The highest BCUT2D eigenvalue weighted by atomic mass is 35.5. The summed E-state index contributed by atoms with van der Waals surface area (Å²) in [4.78, 5) is 0. The Balaban J connectivity index is 4.51. The lowest BCUT2D eigenvalue weighted by atomic mass is 9.85. The van der Waals surface area contributed by atoms with Crippen LogP contribution in [0.15, 0.2) is 0 Å². The lowest BCUT2D eigenvalue weighted by Gasteiger charge is -2.29. The molecule has 0 unspecified atom stereocenters. The van der Waals surface area contributed by atoms with E-state index in [-0.39, 0.29) is 17.7 Å². The van der Waals surface area contributed by atoms with Crippen molar-refractivity contribution in [1.29, 1.82) is 0 Å². The Morgan fingerprint density at radius 3 is 1.89 bits per heavy atom. The number of hydrogen-bond donors (Lipinski definition) is 1. The van der Waals surface area contributed by atoms with Gasteiger partial charge >= 0.3 is 0 Å². The Morgan fingerprint density at radius 1 is 1.06 bits per heavy atom. The summed E-state index contributed by atoms with van der Waals surface area (Å²) in [5, 5.41) is 0. The molecule has 0 aliphatic rings. The number of hydrogen-bond acceptors (Lipinski definition) is 4. The first-order valence-corrected chi connectivity index (χ1v) is 10.1. The first-order valence-electron chi connectivity index (χ1n) is 5.81. The van der Waals surface area contributed by atoms with Crippen molar-refractivity contribution in [3.8, 4) is 0 Å². The van der Waals surface area contributed by atoms with Crippen molar-refractivity contribution in [1.82, 2.24) is 4.72 Å². The molecule has 0 aliphatic carbocycles. The van der Waals surface area contributed by atoms with Gasteiger partial charge in [-0.15, -0.1) is 11.6 Å². The fourth-order valence-electron chi connectivity index (χ4n) is 1.33. The molecule has 1 N–H and O–H groups in total. The van der Waals surface area contributed by atoms with E-state index in [1.807, 2.05) is 13.8 Å². The number of alkyl halides is 1. The third kappa shape index (κ3) is 6.92. The smallest absolute Gasteiger partial charge is 0.212 e. The molecule has 0 aromatic carbocycles. The molecule has 0 aromatic rings. The van der Waals surface area contributed by atoms with E-state index in [0.717, 1.165) is 19.1 Å². The fraction of sp³-hybridized carbons (Fsp3) is 1.00. The minimum absolute atomic E-state index is 0.246. The van der Waals surface area contributed by atoms with E-state index in [9.17, 15) is 16.8 Å². The Morgan fingerprint density at radius 2 is 1.56 bits per heavy atom. The molecule has 0 bridgehead atoms. The zero-order valence-electron chi connectivity index (χ0n) is 11.1. The Kier molecular flexibility index (Phi) is 7.13. The predicted octanol–water partition coefficient (Wildman–Crippen LogP) is 0.996. The highest BCUT2D eigenvalue weighted by molar-refractivity contribution is 7.93. The van der Waals surface area contributed by atoms with Gasteiger partial charge in [0.1, 0.15) is 9.84 Å². The summed E-state index contributed by atoms with van der Waals surface area (Å²) in [6, 6.07) is 0. The highest BCUT2D eigenvalue weighted by Gasteiger charge is 2.27. The van der Waals surface area contributed by atoms with E-state index in [1.54, 1.807) is 0 Å². The van der Waals surface area contributed by atoms with Gasteiger partial charge in [-0.05, 0) is 18.3 Å². The summed E-state index contributed by atoms with van der Waals surface area (Å²) in [5.74, 6) is -0.402. The molecule has 0 heterocycles. The minimum atomic E-state index is -3.57. The molecule has 0 saturated heterocycles. The number of sulfonamides is 1. The van der Waals surface area contributed by atoms with Crippen molar-refractivity contribution < 1.29 is 16.8 Å². The van der Waals surface area contributed by atoms with Gasteiger partial charge in [-0.1, -0.05) is 13.8 Å². The number of halogens is 1. The lowest BCUT2D eigenvalue weighted by Crippen LogP contribution is -2.40. The van der Waals surface area contributed by atoms with Crippen LogP contribution >= 0.6 is 11.6 Å². The molecular weight excluding hydrogens is 298 g/mol. The van der Waals surface area contributed by atoms with Gasteiger partial charge in [0.2, 0.25) is 10.0 Å². The van der Waals surface area contributed by atoms with E-state index >= 15 is 0 Å². The van der Waals surface area contributed by atoms with Gasteiger partial charge < -0.3 is 0 Å². The summed E-state index contributed by atoms with van der Waals surface area (Å²) in [5.41, 5.74) is -0.264. The Bertz CT molecular complexity index is 432. The number of nitrogens with one attached hydrogen (secondary N) is 1. The van der Waals surface area contributed by atoms with Gasteiger partial charge in [-0.3, -0.25) is 0 Å². The van der Waals surface area contributed by atoms with E-state index in [4.69, 9.17) is 11.6 Å². The van der Waals surface area contributed by atoms with Gasteiger partial charge in [0.25, 0.3) is 0 Å². The maximum absolute atomic E-state index is 11.7. The maximum atomic E-state index is 11.7. The summed E-state index contributed by atoms with van der Waals surface area (Å²) in [7, 11) is -6.84. The van der Waals surface area contributed by atoms with Crippen LogP contribution in [0.4, 0.5) is 0 Å². The van der Waals surface area contributed by atoms with E-state index < -0.39 is 25.6 Å². The second kappa shape index (κ2) is 7.07. The Hall–Kier alpha value is 0.150. The van der Waals surface area contributed by atoms with Crippen molar-refractivity contribution in [2.45, 2.75) is 26.7 Å². The van der Waals surface area contributed by atoms with E-state index in [2.05, 4.69) is 4.72 Å². The van der Waals surface area contributed by atoms with Gasteiger partial charge in [0, 0.05) is 18.7 Å². The van der Waals surface area contributed by atoms with Crippen molar-refractivity contribution in [3.63, 3.8) is 0 Å². The topological polar surface area (TPSA) is 80.3 Å². The molecule has 110 valence electrons. The minimum Gasteiger partial charge on any atom is -0.229 e. The van der Waals surface area contributed by atoms with Crippen LogP contribution in [0.1, 0.15) is 26.7 Å². The molecule has 0 fully saturated rings. The van der Waals surface area contributed by atoms with Crippen molar-refractivity contribution in [2.75, 3.05) is 30.2 Å². The summed E-state index contributed by atoms with van der Waals surface area (Å²) in [6.07, 6.45) is 2.55. The third-order valence-electron chi connectivity index (χ3n) is 3.17. The van der Waals surface area contributed by atoms with E-state index in [0.29, 0.717) is 5.88 Å². The van der Waals surface area contributed by atoms with Crippen LogP contribution in [-0.4, -0.2) is 47.0 Å². The van der Waals surface area contributed by atoms with Crippen molar-refractivity contribution in [2.24, 2.45) is 5.41 Å². The van der Waals surface area contributed by atoms with Crippen LogP contribution in [0.2, 0.25) is 0 Å². The molecule has 0 aliphatic heterocycles. The van der Waals surface area contributed by atoms with Gasteiger partial charge in [-0.2, -0.15) is 0 Å². The molecule has 0 spiro atoms. The molecule has 5 nitrogen and oxygen atoms in total. The molecule has 0 radical (unpaired) electrons. The summed E-state index contributed by atoms with van der Waals surface area (Å²) >= 11 is 5.87. The molecule has 18 heavy (non-hydrogen) atoms. The monoisotopic (exact) mass is 319 g/mol. The quantitative estimate of drug-likeness (QED) is 0.643. The number of rotatable bonds is 9. The molecule has 8 heteroatoms. The molecule has 0 rings (SSSR count). The SMILES string of the molecule is CCC(CC)(CCl)CNS(=O)(=O)CCS(C)(=O)=O. The van der Waals surface area contributed by atoms with Crippen LogP contribution in [0, 0.1) is 5.41 Å². The average Bonchev–Trinajstić information content (AvgIpc) is 2.29. The van der Waals surface area contributed by atoms with Gasteiger partial charge in [0.05, 0.1) is 11.5 Å². The molecule has 0 aromatic heterocycles. The second-order valence-electron chi connectivity index (χ2n) is 4.61. The molecule has 0 saturated carbocycles. The second-order valence-corrected chi connectivity index (χ2v) is 9.06. The molecule has 0 amide bonds. The first-order chi connectivity index (χ1) is 8.10. The molecule has 0 atom stereocenters. The summed E-state index contributed by atoms with van der Waals surface area (Å²) in [6.45, 7) is 4.16. The van der Waals surface area contributed by atoms with Crippen molar-refractivity contribution in [3.05, 3.63) is 0 Å². The van der Waals surface area contributed by atoms with E-state index in [1.165, 1.54) is 0 Å². The fourth-order valence-corrected chi connectivity index (χ4v) is 4.56. The Labute approximate surface area is 115 Å². The van der Waals surface area contributed by atoms with Crippen LogP contribution in [0.25, 0.3) is 0 Å². The predicted molar refractivity (Wildman–Crippen MR) is 75.2 cm³/mol. The zero-order valence-corrected chi connectivity index (χ0v) is 13.5. The summed E-state index contributed by atoms with van der Waals surface area (Å²) < 4.78 is 47.6. The lowest BCUT2D eigenvalue weighted by molar-refractivity contribution is 0.305. The van der Waals surface area contributed by atoms with Crippen molar-refractivity contribution >= 4 is 31.5 Å². The molecular formula is C10H22ClNO4S2. The van der Waals surface area contributed by atoms with Crippen LogP contribution in [0.5, 0.6) is 0 Å². The average molecular weight is 320 g/mol. The number of sulfone groups is 1. The van der Waals surface area contributed by atoms with Crippen LogP contribution in [-0.2, 0) is 19.9 Å². The highest BCUT2D eigenvalue weighted by Crippen LogP contribution is 2.27.